The van der Waals surface area contributed by atoms with Gasteiger partial charge >= 0.3 is 0 Å². The van der Waals surface area contributed by atoms with Crippen molar-refractivity contribution in [2.24, 2.45) is 11.1 Å². The highest BCUT2D eigenvalue weighted by atomic mass is 35.5. The van der Waals surface area contributed by atoms with Crippen molar-refractivity contribution >= 4 is 11.6 Å². The number of nitrogens with zero attached hydrogens (tertiary/aromatic N) is 1. The van der Waals surface area contributed by atoms with Crippen molar-refractivity contribution < 1.29 is 4.74 Å². The molecule has 1 rings (SSSR count). The van der Waals surface area contributed by atoms with Gasteiger partial charge in [0.2, 0.25) is 0 Å². The van der Waals surface area contributed by atoms with Gasteiger partial charge in [-0.2, -0.15) is 5.26 Å². The van der Waals surface area contributed by atoms with E-state index in [4.69, 9.17) is 27.3 Å². The van der Waals surface area contributed by atoms with Crippen LogP contribution in [0.3, 0.4) is 0 Å². The molecule has 0 aliphatic heterocycles. The van der Waals surface area contributed by atoms with Crippen LogP contribution in [-0.4, -0.2) is 6.61 Å². The average molecular weight is 267 g/mol. The van der Waals surface area contributed by atoms with Crippen LogP contribution in [0.15, 0.2) is 18.2 Å². The molecule has 2 N–H and O–H groups in total. The van der Waals surface area contributed by atoms with Crippen LogP contribution in [0.5, 0.6) is 5.75 Å². The molecule has 0 bridgehead atoms. The molecule has 1 atom stereocenters. The zero-order valence-electron chi connectivity index (χ0n) is 11.0. The Balaban J connectivity index is 2.71. The third-order valence-corrected chi connectivity index (χ3v) is 2.98. The zero-order valence-corrected chi connectivity index (χ0v) is 11.8. The molecule has 1 aromatic rings. The van der Waals surface area contributed by atoms with Crippen molar-refractivity contribution in [1.29, 1.82) is 5.26 Å². The van der Waals surface area contributed by atoms with Gasteiger partial charge in [0.1, 0.15) is 5.75 Å². The van der Waals surface area contributed by atoms with Crippen LogP contribution < -0.4 is 10.5 Å². The molecule has 3 nitrogen and oxygen atoms in total. The predicted octanol–water partition coefficient (Wildman–Crippen LogP) is 3.68. The van der Waals surface area contributed by atoms with E-state index < -0.39 is 0 Å². The molecule has 0 unspecified atom stereocenters. The number of halogens is 1. The van der Waals surface area contributed by atoms with E-state index in [1.165, 1.54) is 0 Å². The predicted molar refractivity (Wildman–Crippen MR) is 73.6 cm³/mol. The lowest BCUT2D eigenvalue weighted by Gasteiger charge is -2.18. The minimum atomic E-state index is -0.374. The van der Waals surface area contributed by atoms with Crippen LogP contribution in [0.1, 0.15) is 38.8 Å². The van der Waals surface area contributed by atoms with Crippen molar-refractivity contribution in [3.8, 4) is 11.8 Å². The summed E-state index contributed by atoms with van der Waals surface area (Å²) in [4.78, 5) is 0. The van der Waals surface area contributed by atoms with Gasteiger partial charge in [-0.1, -0.05) is 11.6 Å². The Morgan fingerprint density at radius 1 is 1.50 bits per heavy atom. The number of hydrogen-bond donors (Lipinski definition) is 1. The summed E-state index contributed by atoms with van der Waals surface area (Å²) >= 11 is 5.94. The van der Waals surface area contributed by atoms with Gasteiger partial charge < -0.3 is 10.5 Å². The van der Waals surface area contributed by atoms with Crippen molar-refractivity contribution in [2.45, 2.75) is 33.2 Å². The highest BCUT2D eigenvalue weighted by Gasteiger charge is 2.17. The molecule has 0 heterocycles. The fraction of sp³-hybridized carbons (Fsp3) is 0.500. The summed E-state index contributed by atoms with van der Waals surface area (Å²) in [5.41, 5.74) is 6.39. The lowest BCUT2D eigenvalue weighted by Crippen LogP contribution is -2.14. The molecule has 98 valence electrons. The van der Waals surface area contributed by atoms with E-state index in [0.717, 1.165) is 11.3 Å². The van der Waals surface area contributed by atoms with Gasteiger partial charge in [-0.3, -0.25) is 0 Å². The van der Waals surface area contributed by atoms with Gasteiger partial charge in [-0.05, 0) is 45.4 Å². The second-order valence-corrected chi connectivity index (χ2v) is 5.50. The first-order chi connectivity index (χ1) is 8.35. The summed E-state index contributed by atoms with van der Waals surface area (Å²) in [6, 6.07) is 7.52. The zero-order chi connectivity index (χ0) is 13.8. The van der Waals surface area contributed by atoms with Crippen molar-refractivity contribution in [2.75, 3.05) is 6.61 Å². The largest absolute Gasteiger partial charge is 0.493 e. The molecule has 0 aliphatic carbocycles. The van der Waals surface area contributed by atoms with Crippen LogP contribution in [0.2, 0.25) is 5.02 Å². The van der Waals surface area contributed by atoms with Gasteiger partial charge in [-0.25, -0.2) is 0 Å². The smallest absolute Gasteiger partial charge is 0.124 e. The second-order valence-electron chi connectivity index (χ2n) is 5.06. The maximum Gasteiger partial charge on any atom is 0.124 e. The number of nitriles is 1. The van der Waals surface area contributed by atoms with Crippen LogP contribution in [0.4, 0.5) is 0 Å². The van der Waals surface area contributed by atoms with E-state index >= 15 is 0 Å². The minimum absolute atomic E-state index is 0.136. The summed E-state index contributed by atoms with van der Waals surface area (Å²) in [5, 5.41) is 9.57. The Morgan fingerprint density at radius 3 is 2.72 bits per heavy atom. The fourth-order valence-corrected chi connectivity index (χ4v) is 1.66. The molecular formula is C14H19ClN2O. The van der Waals surface area contributed by atoms with E-state index in [0.29, 0.717) is 18.1 Å². The molecule has 0 aromatic heterocycles. The lowest BCUT2D eigenvalue weighted by atomic mass is 9.92. The molecule has 0 saturated heterocycles. The number of benzene rings is 1. The van der Waals surface area contributed by atoms with Gasteiger partial charge in [0.15, 0.2) is 0 Å². The monoisotopic (exact) mass is 266 g/mol. The van der Waals surface area contributed by atoms with Gasteiger partial charge in [0.25, 0.3) is 0 Å². The van der Waals surface area contributed by atoms with Crippen LogP contribution >= 0.6 is 11.6 Å². The average Bonchev–Trinajstić information content (AvgIpc) is 2.30. The Bertz CT molecular complexity index is 450. The normalized spacial score (nSPS) is 12.9. The first kappa shape index (κ1) is 14.8. The molecule has 0 amide bonds. The maximum absolute atomic E-state index is 8.93. The number of nitrogens with two attached hydrogens (primary N) is 1. The van der Waals surface area contributed by atoms with Gasteiger partial charge in [0, 0.05) is 16.6 Å². The van der Waals surface area contributed by atoms with Crippen LogP contribution in [0.25, 0.3) is 0 Å². The summed E-state index contributed by atoms with van der Waals surface area (Å²) in [5.74, 6) is 0.739. The quantitative estimate of drug-likeness (QED) is 0.884. The van der Waals surface area contributed by atoms with Crippen LogP contribution in [-0.2, 0) is 0 Å². The van der Waals surface area contributed by atoms with E-state index in [9.17, 15) is 0 Å². The fourth-order valence-electron chi connectivity index (χ4n) is 1.48. The Labute approximate surface area is 114 Å². The lowest BCUT2D eigenvalue weighted by molar-refractivity contribution is 0.261. The first-order valence-corrected chi connectivity index (χ1v) is 6.32. The highest BCUT2D eigenvalue weighted by Crippen LogP contribution is 2.28. The molecule has 0 radical (unpaired) electrons. The first-order valence-electron chi connectivity index (χ1n) is 5.95. The molecule has 4 heteroatoms. The molecule has 0 fully saturated rings. The van der Waals surface area contributed by atoms with E-state index in [-0.39, 0.29) is 11.5 Å². The third kappa shape index (κ3) is 4.21. The second kappa shape index (κ2) is 6.08. The van der Waals surface area contributed by atoms with Crippen molar-refractivity contribution in [1.82, 2.24) is 0 Å². The van der Waals surface area contributed by atoms with Crippen LogP contribution in [0, 0.1) is 16.7 Å². The van der Waals surface area contributed by atoms with Crippen molar-refractivity contribution in [3.05, 3.63) is 28.8 Å². The number of hydrogen-bond acceptors (Lipinski definition) is 3. The maximum atomic E-state index is 8.93. The van der Waals surface area contributed by atoms with Crippen molar-refractivity contribution in [3.63, 3.8) is 0 Å². The van der Waals surface area contributed by atoms with Gasteiger partial charge in [-0.15, -0.1) is 0 Å². The number of rotatable bonds is 5. The van der Waals surface area contributed by atoms with E-state index in [1.807, 2.05) is 32.9 Å². The van der Waals surface area contributed by atoms with E-state index in [1.54, 1.807) is 6.07 Å². The third-order valence-electron chi connectivity index (χ3n) is 2.75. The summed E-state index contributed by atoms with van der Waals surface area (Å²) < 4.78 is 5.70. The standard InChI is InChI=1S/C14H19ClN2O/c1-10(17)12-8-11(15)4-5-13(12)18-7-6-14(2,3)9-16/h4-5,8,10H,6-7,17H2,1-3H3/t10-/m1/s1. The SMILES string of the molecule is C[C@@H](N)c1cc(Cl)ccc1OCCC(C)(C)C#N. The molecule has 1 aromatic carbocycles. The minimum Gasteiger partial charge on any atom is -0.493 e. The highest BCUT2D eigenvalue weighted by molar-refractivity contribution is 6.30. The van der Waals surface area contributed by atoms with E-state index in [2.05, 4.69) is 6.07 Å². The Hall–Kier alpha value is -1.24. The molecule has 0 aliphatic rings. The summed E-state index contributed by atoms with van der Waals surface area (Å²) in [7, 11) is 0. The summed E-state index contributed by atoms with van der Waals surface area (Å²) in [6.45, 7) is 6.16. The Kier molecular flexibility index (Phi) is 5.01. The Morgan fingerprint density at radius 2 is 2.17 bits per heavy atom. The molecule has 0 spiro atoms. The summed E-state index contributed by atoms with van der Waals surface area (Å²) in [6.07, 6.45) is 0.671. The molecule has 0 saturated carbocycles. The topological polar surface area (TPSA) is 59.0 Å². The van der Waals surface area contributed by atoms with Gasteiger partial charge in [0.05, 0.1) is 18.1 Å². The molecular weight excluding hydrogens is 248 g/mol. The number of ether oxygens (including phenoxy) is 1. The molecule has 18 heavy (non-hydrogen) atoms.